The van der Waals surface area contributed by atoms with E-state index >= 15 is 0 Å². The number of carbonyl (C=O) groups excluding carboxylic acids is 1. The van der Waals surface area contributed by atoms with E-state index in [0.29, 0.717) is 17.3 Å². The average Bonchev–Trinajstić information content (AvgIpc) is 2.56. The number of ether oxygens (including phenoxy) is 1. The number of anilines is 1. The number of hydrogen-bond acceptors (Lipinski definition) is 5. The summed E-state index contributed by atoms with van der Waals surface area (Å²) in [6.07, 6.45) is 4.57. The maximum absolute atomic E-state index is 12.2. The van der Waals surface area contributed by atoms with Crippen molar-refractivity contribution in [2.45, 2.75) is 0 Å². The number of para-hydroxylation sites is 1. The summed E-state index contributed by atoms with van der Waals surface area (Å²) in [6.45, 7) is 0. The molecule has 23 heavy (non-hydrogen) atoms. The van der Waals surface area contributed by atoms with E-state index in [1.165, 1.54) is 18.5 Å². The maximum atomic E-state index is 12.2. The molecule has 1 heterocycles. The molecule has 0 aliphatic rings. The highest BCUT2D eigenvalue weighted by atomic mass is 16.5. The molecule has 1 aromatic heterocycles. The smallest absolute Gasteiger partial charge is 0.259 e. The standard InChI is InChI=1S/C17H13N3O3/c21-15-7-2-1-6-14(15)17(22)20-12-4-3-5-13(10-12)23-16-11-18-8-9-19-16/h1-11,21H,(H,20,22). The minimum atomic E-state index is -0.403. The van der Waals surface area contributed by atoms with Gasteiger partial charge >= 0.3 is 0 Å². The number of hydrogen-bond donors (Lipinski definition) is 2. The fraction of sp³-hybridized carbons (Fsp3) is 0. The molecule has 0 aliphatic heterocycles. The average molecular weight is 307 g/mol. The van der Waals surface area contributed by atoms with Crippen LogP contribution in [-0.2, 0) is 0 Å². The fourth-order valence-corrected chi connectivity index (χ4v) is 1.96. The van der Waals surface area contributed by atoms with E-state index < -0.39 is 5.91 Å². The number of benzene rings is 2. The molecule has 2 N–H and O–H groups in total. The van der Waals surface area contributed by atoms with Gasteiger partial charge in [-0.3, -0.25) is 9.78 Å². The summed E-state index contributed by atoms with van der Waals surface area (Å²) in [6, 6.07) is 13.2. The zero-order chi connectivity index (χ0) is 16.1. The van der Waals surface area contributed by atoms with E-state index in [9.17, 15) is 9.90 Å². The molecule has 0 atom stereocenters. The van der Waals surface area contributed by atoms with Gasteiger partial charge in [0.2, 0.25) is 5.88 Å². The molecule has 2 aromatic carbocycles. The van der Waals surface area contributed by atoms with Gasteiger partial charge in [0.05, 0.1) is 11.8 Å². The Morgan fingerprint density at radius 2 is 1.96 bits per heavy atom. The Balaban J connectivity index is 1.75. The zero-order valence-corrected chi connectivity index (χ0v) is 12.0. The summed E-state index contributed by atoms with van der Waals surface area (Å²) in [5, 5.41) is 12.4. The number of phenols is 1. The second-order valence-corrected chi connectivity index (χ2v) is 4.64. The summed E-state index contributed by atoms with van der Waals surface area (Å²) < 4.78 is 5.56. The first kappa shape index (κ1) is 14.5. The van der Waals surface area contributed by atoms with Crippen LogP contribution in [0.25, 0.3) is 0 Å². The minimum absolute atomic E-state index is 0.0723. The lowest BCUT2D eigenvalue weighted by Crippen LogP contribution is -2.11. The molecule has 1 amide bonds. The molecule has 0 unspecified atom stereocenters. The van der Waals surface area contributed by atoms with Crippen LogP contribution in [0, 0.1) is 0 Å². The van der Waals surface area contributed by atoms with Gasteiger partial charge in [-0.15, -0.1) is 0 Å². The molecule has 0 fully saturated rings. The van der Waals surface area contributed by atoms with Gasteiger partial charge in [0.15, 0.2) is 0 Å². The molecule has 6 nitrogen and oxygen atoms in total. The predicted octanol–water partition coefficient (Wildman–Crippen LogP) is 3.23. The molecular weight excluding hydrogens is 294 g/mol. The summed E-state index contributed by atoms with van der Waals surface area (Å²) in [5.41, 5.74) is 0.743. The number of aromatic nitrogens is 2. The molecular formula is C17H13N3O3. The van der Waals surface area contributed by atoms with Crippen molar-refractivity contribution in [1.82, 2.24) is 9.97 Å². The molecule has 6 heteroatoms. The van der Waals surface area contributed by atoms with E-state index in [0.717, 1.165) is 0 Å². The Labute approximate surface area is 132 Å². The highest BCUT2D eigenvalue weighted by molar-refractivity contribution is 6.06. The van der Waals surface area contributed by atoms with Crippen LogP contribution < -0.4 is 10.1 Å². The third-order valence-corrected chi connectivity index (χ3v) is 3.00. The molecule has 0 bridgehead atoms. The lowest BCUT2D eigenvalue weighted by molar-refractivity contribution is 0.102. The lowest BCUT2D eigenvalue weighted by atomic mass is 10.2. The molecule has 3 aromatic rings. The number of rotatable bonds is 4. The van der Waals surface area contributed by atoms with Crippen molar-refractivity contribution in [2.75, 3.05) is 5.32 Å². The second-order valence-electron chi connectivity index (χ2n) is 4.64. The fourth-order valence-electron chi connectivity index (χ4n) is 1.96. The molecule has 0 aliphatic carbocycles. The van der Waals surface area contributed by atoms with Crippen LogP contribution in [0.15, 0.2) is 67.1 Å². The summed E-state index contributed by atoms with van der Waals surface area (Å²) in [7, 11) is 0. The molecule has 3 rings (SSSR count). The van der Waals surface area contributed by atoms with Gasteiger partial charge in [0.1, 0.15) is 11.5 Å². The van der Waals surface area contributed by atoms with E-state index in [4.69, 9.17) is 4.74 Å². The van der Waals surface area contributed by atoms with Crippen LogP contribution in [0.3, 0.4) is 0 Å². The van der Waals surface area contributed by atoms with Crippen LogP contribution in [-0.4, -0.2) is 21.0 Å². The second kappa shape index (κ2) is 6.57. The third-order valence-electron chi connectivity index (χ3n) is 3.00. The van der Waals surface area contributed by atoms with Crippen molar-refractivity contribution in [3.05, 3.63) is 72.7 Å². The molecule has 0 radical (unpaired) electrons. The quantitative estimate of drug-likeness (QED) is 0.773. The van der Waals surface area contributed by atoms with Crippen LogP contribution in [0.2, 0.25) is 0 Å². The van der Waals surface area contributed by atoms with Crippen molar-refractivity contribution >= 4 is 11.6 Å². The topological polar surface area (TPSA) is 84.3 Å². The number of aromatic hydroxyl groups is 1. The minimum Gasteiger partial charge on any atom is -0.507 e. The van der Waals surface area contributed by atoms with Crippen LogP contribution in [0.5, 0.6) is 17.4 Å². The SMILES string of the molecule is O=C(Nc1cccc(Oc2cnccn2)c1)c1ccccc1O. The maximum Gasteiger partial charge on any atom is 0.259 e. The van der Waals surface area contributed by atoms with Gasteiger partial charge in [-0.25, -0.2) is 4.98 Å². The Morgan fingerprint density at radius 1 is 1.09 bits per heavy atom. The van der Waals surface area contributed by atoms with Crippen molar-refractivity contribution < 1.29 is 14.6 Å². The summed E-state index contributed by atoms with van der Waals surface area (Å²) in [5.74, 6) is 0.397. The summed E-state index contributed by atoms with van der Waals surface area (Å²) in [4.78, 5) is 20.1. The Kier molecular flexibility index (Phi) is 4.15. The monoisotopic (exact) mass is 307 g/mol. The number of nitrogens with one attached hydrogen (secondary N) is 1. The van der Waals surface area contributed by atoms with Crippen molar-refractivity contribution in [2.24, 2.45) is 0 Å². The Hall–Kier alpha value is -3.41. The third kappa shape index (κ3) is 3.62. The summed E-state index contributed by atoms with van der Waals surface area (Å²) >= 11 is 0. The van der Waals surface area contributed by atoms with E-state index in [1.807, 2.05) is 0 Å². The van der Waals surface area contributed by atoms with E-state index in [2.05, 4.69) is 15.3 Å². The van der Waals surface area contributed by atoms with Gasteiger partial charge in [0, 0.05) is 24.1 Å². The van der Waals surface area contributed by atoms with Gasteiger partial charge in [-0.05, 0) is 24.3 Å². The highest BCUT2D eigenvalue weighted by Crippen LogP contribution is 2.23. The predicted molar refractivity (Wildman–Crippen MR) is 84.6 cm³/mol. The van der Waals surface area contributed by atoms with Gasteiger partial charge < -0.3 is 15.2 Å². The van der Waals surface area contributed by atoms with E-state index in [-0.39, 0.29) is 11.3 Å². The van der Waals surface area contributed by atoms with E-state index in [1.54, 1.807) is 48.7 Å². The molecule has 0 spiro atoms. The molecule has 0 saturated carbocycles. The number of nitrogens with zero attached hydrogens (tertiary/aromatic N) is 2. The highest BCUT2D eigenvalue weighted by Gasteiger charge is 2.10. The van der Waals surface area contributed by atoms with Gasteiger partial charge in [0.25, 0.3) is 5.91 Å². The number of carbonyl (C=O) groups is 1. The largest absolute Gasteiger partial charge is 0.507 e. The number of phenolic OH excluding ortho intramolecular Hbond substituents is 1. The molecule has 0 saturated heterocycles. The first-order chi connectivity index (χ1) is 11.2. The first-order valence-corrected chi connectivity index (χ1v) is 6.85. The van der Waals surface area contributed by atoms with Crippen LogP contribution in [0.4, 0.5) is 5.69 Å². The Bertz CT molecular complexity index is 822. The van der Waals surface area contributed by atoms with Crippen molar-refractivity contribution in [1.29, 1.82) is 0 Å². The van der Waals surface area contributed by atoms with Gasteiger partial charge in [-0.2, -0.15) is 0 Å². The van der Waals surface area contributed by atoms with Crippen molar-refractivity contribution in [3.63, 3.8) is 0 Å². The van der Waals surface area contributed by atoms with Gasteiger partial charge in [-0.1, -0.05) is 18.2 Å². The number of amides is 1. The lowest BCUT2D eigenvalue weighted by Gasteiger charge is -2.09. The molecule has 114 valence electrons. The van der Waals surface area contributed by atoms with Crippen LogP contribution in [0.1, 0.15) is 10.4 Å². The normalized spacial score (nSPS) is 10.1. The Morgan fingerprint density at radius 3 is 2.74 bits per heavy atom. The van der Waals surface area contributed by atoms with Crippen molar-refractivity contribution in [3.8, 4) is 17.4 Å². The zero-order valence-electron chi connectivity index (χ0n) is 12.0. The first-order valence-electron chi connectivity index (χ1n) is 6.85. The van der Waals surface area contributed by atoms with Crippen LogP contribution >= 0.6 is 0 Å².